The number of hydrogen-bond donors (Lipinski definition) is 1. The van der Waals surface area contributed by atoms with Crippen molar-refractivity contribution in [1.29, 1.82) is 0 Å². The van der Waals surface area contributed by atoms with Crippen molar-refractivity contribution in [2.45, 2.75) is 13.8 Å². The lowest BCUT2D eigenvalue weighted by Crippen LogP contribution is -2.24. The smallest absolute Gasteiger partial charge is 0.343 e. The lowest BCUT2D eigenvalue weighted by Gasteiger charge is -2.10. The van der Waals surface area contributed by atoms with E-state index in [4.69, 9.17) is 14.2 Å². The van der Waals surface area contributed by atoms with Crippen molar-refractivity contribution in [3.8, 4) is 17.2 Å². The summed E-state index contributed by atoms with van der Waals surface area (Å²) >= 11 is 0. The van der Waals surface area contributed by atoms with Gasteiger partial charge in [0.1, 0.15) is 5.75 Å². The van der Waals surface area contributed by atoms with Gasteiger partial charge in [0.15, 0.2) is 18.1 Å². The molecule has 3 aromatic rings. The Kier molecular flexibility index (Phi) is 7.59. The predicted molar refractivity (Wildman–Crippen MR) is 122 cm³/mol. The molecule has 0 fully saturated rings. The van der Waals surface area contributed by atoms with Crippen LogP contribution in [0.1, 0.15) is 27.0 Å². The number of benzene rings is 3. The van der Waals surface area contributed by atoms with Crippen molar-refractivity contribution >= 4 is 18.1 Å². The number of esters is 1. The number of nitrogens with one attached hydrogen (secondary N) is 1. The molecule has 1 N–H and O–H groups in total. The van der Waals surface area contributed by atoms with Crippen LogP contribution in [0.15, 0.2) is 71.8 Å². The molecule has 1 amide bonds. The Balaban J connectivity index is 1.55. The molecule has 0 saturated carbocycles. The van der Waals surface area contributed by atoms with Crippen LogP contribution in [0.4, 0.5) is 0 Å². The fraction of sp³-hybridized carbons (Fsp3) is 0.160. The van der Waals surface area contributed by atoms with E-state index in [0.717, 1.165) is 11.1 Å². The molecule has 164 valence electrons. The van der Waals surface area contributed by atoms with Gasteiger partial charge in [-0.25, -0.2) is 10.2 Å². The average molecular weight is 432 g/mol. The van der Waals surface area contributed by atoms with Gasteiger partial charge in [-0.1, -0.05) is 35.4 Å². The molecular weight excluding hydrogens is 408 g/mol. The first-order valence-electron chi connectivity index (χ1n) is 9.93. The van der Waals surface area contributed by atoms with Gasteiger partial charge in [0.2, 0.25) is 0 Å². The summed E-state index contributed by atoms with van der Waals surface area (Å²) in [6.45, 7) is 3.76. The van der Waals surface area contributed by atoms with Crippen LogP contribution < -0.4 is 19.6 Å². The molecule has 0 aliphatic rings. The number of aryl methyl sites for hydroxylation is 2. The second kappa shape index (κ2) is 10.8. The van der Waals surface area contributed by atoms with Gasteiger partial charge in [0.25, 0.3) is 5.91 Å². The van der Waals surface area contributed by atoms with Crippen LogP contribution in [0.5, 0.6) is 17.2 Å². The SMILES string of the molecule is COc1cc(/C=N/NC(=O)COc2ccc(C)cc2)ccc1OC(=O)c1ccc(C)cc1. The van der Waals surface area contributed by atoms with Crippen LogP contribution in [-0.4, -0.2) is 31.8 Å². The number of carbonyl (C=O) groups excluding carboxylic acids is 2. The predicted octanol–water partition coefficient (Wildman–Crippen LogP) is 4.06. The Morgan fingerprint density at radius 1 is 0.906 bits per heavy atom. The molecule has 0 spiro atoms. The highest BCUT2D eigenvalue weighted by molar-refractivity contribution is 5.91. The molecule has 0 unspecified atom stereocenters. The summed E-state index contributed by atoms with van der Waals surface area (Å²) < 4.78 is 16.2. The molecule has 0 heterocycles. The number of nitrogens with zero attached hydrogens (tertiary/aromatic N) is 1. The van der Waals surface area contributed by atoms with Crippen LogP contribution in [0.3, 0.4) is 0 Å². The van der Waals surface area contributed by atoms with Crippen molar-refractivity contribution in [1.82, 2.24) is 5.43 Å². The number of carbonyl (C=O) groups is 2. The minimum atomic E-state index is -0.481. The molecule has 7 nitrogen and oxygen atoms in total. The zero-order valence-electron chi connectivity index (χ0n) is 18.1. The highest BCUT2D eigenvalue weighted by Crippen LogP contribution is 2.28. The first kappa shape index (κ1) is 22.6. The van der Waals surface area contributed by atoms with Crippen molar-refractivity contribution < 1.29 is 23.8 Å². The van der Waals surface area contributed by atoms with E-state index >= 15 is 0 Å². The van der Waals surface area contributed by atoms with Crippen molar-refractivity contribution in [3.63, 3.8) is 0 Å². The zero-order chi connectivity index (χ0) is 22.9. The maximum Gasteiger partial charge on any atom is 0.343 e. The molecule has 0 saturated heterocycles. The lowest BCUT2D eigenvalue weighted by molar-refractivity contribution is -0.123. The second-order valence-electron chi connectivity index (χ2n) is 7.06. The number of hydrazone groups is 1. The van der Waals surface area contributed by atoms with Crippen LogP contribution in [0.2, 0.25) is 0 Å². The topological polar surface area (TPSA) is 86.2 Å². The Labute approximate surface area is 186 Å². The first-order chi connectivity index (χ1) is 15.4. The van der Waals surface area contributed by atoms with Gasteiger partial charge in [0, 0.05) is 0 Å². The van der Waals surface area contributed by atoms with Crippen molar-refractivity contribution in [3.05, 3.63) is 89.0 Å². The molecular formula is C25H24N2O5. The zero-order valence-corrected chi connectivity index (χ0v) is 18.1. The van der Waals surface area contributed by atoms with Gasteiger partial charge < -0.3 is 14.2 Å². The van der Waals surface area contributed by atoms with Crippen LogP contribution in [-0.2, 0) is 4.79 Å². The van der Waals surface area contributed by atoms with Crippen LogP contribution >= 0.6 is 0 Å². The van der Waals surface area contributed by atoms with Gasteiger partial charge in [-0.2, -0.15) is 5.10 Å². The summed E-state index contributed by atoms with van der Waals surface area (Å²) in [5, 5.41) is 3.92. The maximum atomic E-state index is 12.3. The maximum absolute atomic E-state index is 12.3. The van der Waals surface area contributed by atoms with E-state index in [2.05, 4.69) is 10.5 Å². The lowest BCUT2D eigenvalue weighted by atomic mass is 10.1. The third kappa shape index (κ3) is 6.43. The summed E-state index contributed by atoms with van der Waals surface area (Å²) in [6.07, 6.45) is 1.46. The van der Waals surface area contributed by atoms with Crippen molar-refractivity contribution in [2.75, 3.05) is 13.7 Å². The molecule has 32 heavy (non-hydrogen) atoms. The molecule has 0 aliphatic carbocycles. The highest BCUT2D eigenvalue weighted by Gasteiger charge is 2.12. The Morgan fingerprint density at radius 3 is 2.22 bits per heavy atom. The van der Waals surface area contributed by atoms with Gasteiger partial charge in [-0.15, -0.1) is 0 Å². The van der Waals surface area contributed by atoms with Crippen LogP contribution in [0, 0.1) is 13.8 Å². The Hall–Kier alpha value is -4.13. The van der Waals surface area contributed by atoms with E-state index in [1.165, 1.54) is 13.3 Å². The Bertz CT molecular complexity index is 1110. The summed E-state index contributed by atoms with van der Waals surface area (Å²) in [5.74, 6) is 0.382. The van der Waals surface area contributed by atoms with E-state index in [1.807, 2.05) is 38.1 Å². The third-order valence-electron chi connectivity index (χ3n) is 4.47. The van der Waals surface area contributed by atoms with Gasteiger partial charge in [-0.3, -0.25) is 4.79 Å². The summed E-state index contributed by atoms with van der Waals surface area (Å²) in [4.78, 5) is 24.2. The third-order valence-corrected chi connectivity index (χ3v) is 4.47. The molecule has 0 radical (unpaired) electrons. The summed E-state index contributed by atoms with van der Waals surface area (Å²) in [6, 6.07) is 19.4. The number of ether oxygens (including phenoxy) is 3. The van der Waals surface area contributed by atoms with Gasteiger partial charge in [0.05, 0.1) is 18.9 Å². The fourth-order valence-electron chi connectivity index (χ4n) is 2.69. The van der Waals surface area contributed by atoms with E-state index < -0.39 is 11.9 Å². The average Bonchev–Trinajstić information content (AvgIpc) is 2.80. The molecule has 0 aliphatic heterocycles. The number of hydrogen-bond acceptors (Lipinski definition) is 6. The van der Waals surface area contributed by atoms with E-state index in [1.54, 1.807) is 42.5 Å². The monoisotopic (exact) mass is 432 g/mol. The highest BCUT2D eigenvalue weighted by atomic mass is 16.6. The largest absolute Gasteiger partial charge is 0.493 e. The summed E-state index contributed by atoms with van der Waals surface area (Å²) in [7, 11) is 1.48. The van der Waals surface area contributed by atoms with E-state index in [-0.39, 0.29) is 12.4 Å². The fourth-order valence-corrected chi connectivity index (χ4v) is 2.69. The number of methoxy groups -OCH3 is 1. The Morgan fingerprint density at radius 2 is 1.56 bits per heavy atom. The molecule has 3 rings (SSSR count). The molecule has 0 bridgehead atoms. The summed E-state index contributed by atoms with van der Waals surface area (Å²) in [5.41, 5.74) is 5.66. The second-order valence-corrected chi connectivity index (χ2v) is 7.06. The van der Waals surface area contributed by atoms with E-state index in [0.29, 0.717) is 22.6 Å². The van der Waals surface area contributed by atoms with Crippen LogP contribution in [0.25, 0.3) is 0 Å². The minimum absolute atomic E-state index is 0.155. The van der Waals surface area contributed by atoms with Gasteiger partial charge >= 0.3 is 5.97 Å². The van der Waals surface area contributed by atoms with Crippen molar-refractivity contribution in [2.24, 2.45) is 5.10 Å². The molecule has 3 aromatic carbocycles. The minimum Gasteiger partial charge on any atom is -0.493 e. The number of amides is 1. The molecule has 7 heteroatoms. The molecule has 0 atom stereocenters. The van der Waals surface area contributed by atoms with E-state index in [9.17, 15) is 9.59 Å². The quantitative estimate of drug-likeness (QED) is 0.251. The molecule has 0 aromatic heterocycles. The standard InChI is InChI=1S/C25H24N2O5/c1-17-4-9-20(10-5-17)25(29)32-22-13-8-19(14-23(22)30-3)15-26-27-24(28)16-31-21-11-6-18(2)7-12-21/h4-15H,16H2,1-3H3,(H,27,28)/b26-15+. The normalized spacial score (nSPS) is 10.6. The first-order valence-corrected chi connectivity index (χ1v) is 9.93. The van der Waals surface area contributed by atoms with Gasteiger partial charge in [-0.05, 0) is 61.9 Å². The number of rotatable bonds is 8.